The smallest absolute Gasteiger partial charge is 0.270 e. The zero-order valence-electron chi connectivity index (χ0n) is 11.5. The van der Waals surface area contributed by atoms with Gasteiger partial charge in [-0.1, -0.05) is 0 Å². The summed E-state index contributed by atoms with van der Waals surface area (Å²) in [6, 6.07) is 3.79. The number of rotatable bonds is 2. The number of likely N-dealkylation sites (tertiary alicyclic amines) is 1. The first-order valence-corrected chi connectivity index (χ1v) is 7.18. The molecule has 0 saturated carbocycles. The van der Waals surface area contributed by atoms with Crippen LogP contribution in [0.3, 0.4) is 0 Å². The van der Waals surface area contributed by atoms with Gasteiger partial charge in [-0.05, 0) is 25.0 Å². The van der Waals surface area contributed by atoms with Crippen molar-refractivity contribution in [2.45, 2.75) is 18.9 Å². The summed E-state index contributed by atoms with van der Waals surface area (Å²) in [6.45, 7) is 3.42. The van der Waals surface area contributed by atoms with Crippen LogP contribution in [-0.4, -0.2) is 65.4 Å². The van der Waals surface area contributed by atoms with Crippen molar-refractivity contribution >= 4 is 11.8 Å². The number of piperidine rings is 1. The number of aromatic nitrogens is 1. The lowest BCUT2D eigenvalue weighted by Crippen LogP contribution is -2.57. The SMILES string of the molecule is O=C(c1ccc[nH]1)N1CCCC(N2CCNCC2=O)C1. The van der Waals surface area contributed by atoms with Crippen molar-refractivity contribution in [3.05, 3.63) is 24.0 Å². The standard InChI is InChI=1S/C14H20N4O2/c19-13-9-15-6-8-18(13)11-3-2-7-17(10-11)14(20)12-4-1-5-16-12/h1,4-5,11,15-16H,2-3,6-10H2. The predicted molar refractivity (Wildman–Crippen MR) is 74.3 cm³/mol. The van der Waals surface area contributed by atoms with Crippen molar-refractivity contribution in [3.8, 4) is 0 Å². The zero-order chi connectivity index (χ0) is 13.9. The van der Waals surface area contributed by atoms with E-state index in [1.165, 1.54) is 0 Å². The molecule has 1 atom stereocenters. The van der Waals surface area contributed by atoms with Crippen LogP contribution in [-0.2, 0) is 4.79 Å². The minimum Gasteiger partial charge on any atom is -0.357 e. The quantitative estimate of drug-likeness (QED) is 0.802. The highest BCUT2D eigenvalue weighted by Crippen LogP contribution is 2.18. The second-order valence-corrected chi connectivity index (χ2v) is 5.39. The lowest BCUT2D eigenvalue weighted by Gasteiger charge is -2.41. The van der Waals surface area contributed by atoms with Gasteiger partial charge in [0.05, 0.1) is 6.54 Å². The minimum atomic E-state index is 0.0299. The van der Waals surface area contributed by atoms with Gasteiger partial charge in [-0.2, -0.15) is 0 Å². The van der Waals surface area contributed by atoms with Gasteiger partial charge in [-0.15, -0.1) is 0 Å². The van der Waals surface area contributed by atoms with E-state index in [2.05, 4.69) is 10.3 Å². The number of carbonyl (C=O) groups excluding carboxylic acids is 2. The summed E-state index contributed by atoms with van der Waals surface area (Å²) >= 11 is 0. The molecule has 2 fully saturated rings. The molecular weight excluding hydrogens is 256 g/mol. The second kappa shape index (κ2) is 5.66. The molecule has 20 heavy (non-hydrogen) atoms. The van der Waals surface area contributed by atoms with Crippen LogP contribution in [0.15, 0.2) is 18.3 Å². The fraction of sp³-hybridized carbons (Fsp3) is 0.571. The molecule has 6 nitrogen and oxygen atoms in total. The van der Waals surface area contributed by atoms with Gasteiger partial charge in [0.15, 0.2) is 0 Å². The lowest BCUT2D eigenvalue weighted by atomic mass is 10.0. The molecule has 2 saturated heterocycles. The summed E-state index contributed by atoms with van der Waals surface area (Å²) in [4.78, 5) is 31.0. The molecule has 2 aliphatic heterocycles. The molecular formula is C14H20N4O2. The number of aromatic amines is 1. The Hall–Kier alpha value is -1.82. The highest BCUT2D eigenvalue weighted by Gasteiger charge is 2.31. The number of hydrogen-bond donors (Lipinski definition) is 2. The van der Waals surface area contributed by atoms with Crippen LogP contribution < -0.4 is 5.32 Å². The molecule has 2 amide bonds. The van der Waals surface area contributed by atoms with E-state index in [0.29, 0.717) is 18.8 Å². The number of hydrogen-bond acceptors (Lipinski definition) is 3. The predicted octanol–water partition coefficient (Wildman–Crippen LogP) is 0.0511. The average molecular weight is 276 g/mol. The molecule has 3 rings (SSSR count). The Balaban J connectivity index is 1.67. The summed E-state index contributed by atoms with van der Waals surface area (Å²) in [5.74, 6) is 0.178. The van der Waals surface area contributed by atoms with Gasteiger partial charge in [-0.3, -0.25) is 9.59 Å². The van der Waals surface area contributed by atoms with E-state index in [0.717, 1.165) is 32.5 Å². The van der Waals surface area contributed by atoms with Crippen LogP contribution >= 0.6 is 0 Å². The molecule has 1 unspecified atom stereocenters. The lowest BCUT2D eigenvalue weighted by molar-refractivity contribution is -0.135. The molecule has 1 aromatic rings. The van der Waals surface area contributed by atoms with Crippen LogP contribution in [0, 0.1) is 0 Å². The van der Waals surface area contributed by atoms with Crippen LogP contribution in [0.2, 0.25) is 0 Å². The van der Waals surface area contributed by atoms with E-state index in [1.54, 1.807) is 12.3 Å². The van der Waals surface area contributed by atoms with Crippen molar-refractivity contribution in [2.24, 2.45) is 0 Å². The van der Waals surface area contributed by atoms with Gasteiger partial charge < -0.3 is 20.1 Å². The van der Waals surface area contributed by atoms with Crippen LogP contribution in [0.4, 0.5) is 0 Å². The molecule has 3 heterocycles. The van der Waals surface area contributed by atoms with Crippen molar-refractivity contribution in [1.29, 1.82) is 0 Å². The van der Waals surface area contributed by atoms with Crippen molar-refractivity contribution in [2.75, 3.05) is 32.7 Å². The maximum absolute atomic E-state index is 12.3. The third-order valence-corrected chi connectivity index (χ3v) is 4.08. The second-order valence-electron chi connectivity index (χ2n) is 5.39. The maximum atomic E-state index is 12.3. The summed E-state index contributed by atoms with van der Waals surface area (Å²) in [6.07, 6.45) is 3.70. The maximum Gasteiger partial charge on any atom is 0.270 e. The Morgan fingerprint density at radius 2 is 2.25 bits per heavy atom. The first-order chi connectivity index (χ1) is 9.75. The van der Waals surface area contributed by atoms with Crippen LogP contribution in [0.25, 0.3) is 0 Å². The number of piperazine rings is 1. The average Bonchev–Trinajstić information content (AvgIpc) is 3.01. The third kappa shape index (κ3) is 2.56. The Bertz CT molecular complexity index is 485. The third-order valence-electron chi connectivity index (χ3n) is 4.08. The molecule has 0 bridgehead atoms. The molecule has 0 spiro atoms. The number of H-pyrrole nitrogens is 1. The van der Waals surface area contributed by atoms with Gasteiger partial charge in [0.1, 0.15) is 5.69 Å². The Morgan fingerprint density at radius 1 is 1.35 bits per heavy atom. The topological polar surface area (TPSA) is 68.4 Å². The molecule has 0 radical (unpaired) electrons. The highest BCUT2D eigenvalue weighted by molar-refractivity contribution is 5.92. The minimum absolute atomic E-state index is 0.0299. The van der Waals surface area contributed by atoms with Crippen molar-refractivity contribution in [1.82, 2.24) is 20.1 Å². The molecule has 0 aliphatic carbocycles. The zero-order valence-corrected chi connectivity index (χ0v) is 11.5. The summed E-state index contributed by atoms with van der Waals surface area (Å²) < 4.78 is 0. The number of nitrogens with one attached hydrogen (secondary N) is 2. The molecule has 2 N–H and O–H groups in total. The summed E-state index contributed by atoms with van der Waals surface area (Å²) in [5.41, 5.74) is 0.622. The normalized spacial score (nSPS) is 24.0. The first-order valence-electron chi connectivity index (χ1n) is 7.18. The number of nitrogens with zero attached hydrogens (tertiary/aromatic N) is 2. The van der Waals surface area contributed by atoms with Crippen molar-refractivity contribution < 1.29 is 9.59 Å². The fourth-order valence-electron chi connectivity index (χ4n) is 3.03. The Morgan fingerprint density at radius 3 is 3.00 bits per heavy atom. The van der Waals surface area contributed by atoms with Crippen molar-refractivity contribution in [3.63, 3.8) is 0 Å². The summed E-state index contributed by atoms with van der Waals surface area (Å²) in [5, 5.41) is 3.08. The number of carbonyl (C=O) groups is 2. The molecule has 0 aromatic carbocycles. The van der Waals surface area contributed by atoms with E-state index >= 15 is 0 Å². The van der Waals surface area contributed by atoms with Gasteiger partial charge in [0.25, 0.3) is 5.91 Å². The fourth-order valence-corrected chi connectivity index (χ4v) is 3.03. The van der Waals surface area contributed by atoms with E-state index in [-0.39, 0.29) is 17.9 Å². The van der Waals surface area contributed by atoms with Gasteiger partial charge in [-0.25, -0.2) is 0 Å². The van der Waals surface area contributed by atoms with E-state index in [9.17, 15) is 9.59 Å². The molecule has 1 aromatic heterocycles. The van der Waals surface area contributed by atoms with Crippen LogP contribution in [0.5, 0.6) is 0 Å². The highest BCUT2D eigenvalue weighted by atomic mass is 16.2. The van der Waals surface area contributed by atoms with E-state index < -0.39 is 0 Å². The van der Waals surface area contributed by atoms with Gasteiger partial charge in [0, 0.05) is 38.4 Å². The Kier molecular flexibility index (Phi) is 3.73. The van der Waals surface area contributed by atoms with Gasteiger partial charge >= 0.3 is 0 Å². The van der Waals surface area contributed by atoms with Gasteiger partial charge in [0.2, 0.25) is 5.91 Å². The largest absolute Gasteiger partial charge is 0.357 e. The van der Waals surface area contributed by atoms with E-state index in [1.807, 2.05) is 15.9 Å². The summed E-state index contributed by atoms with van der Waals surface area (Å²) in [7, 11) is 0. The first kappa shape index (κ1) is 13.2. The molecule has 108 valence electrons. The van der Waals surface area contributed by atoms with E-state index in [4.69, 9.17) is 0 Å². The Labute approximate surface area is 118 Å². The number of amides is 2. The molecule has 2 aliphatic rings. The van der Waals surface area contributed by atoms with Crippen LogP contribution in [0.1, 0.15) is 23.3 Å². The molecule has 6 heteroatoms. The monoisotopic (exact) mass is 276 g/mol.